The van der Waals surface area contributed by atoms with Crippen LogP contribution in [0.2, 0.25) is 5.15 Å². The number of ketones is 1. The number of aromatic nitrogens is 2. The van der Waals surface area contributed by atoms with Gasteiger partial charge in [-0.1, -0.05) is 72.3 Å². The predicted molar refractivity (Wildman–Crippen MR) is 134 cm³/mol. The molecule has 0 spiro atoms. The molecule has 1 heterocycles. The van der Waals surface area contributed by atoms with Crippen LogP contribution in [0.25, 0.3) is 0 Å². The maximum Gasteiger partial charge on any atom is 0.475 e. The van der Waals surface area contributed by atoms with Crippen LogP contribution in [-0.2, 0) is 31.4 Å². The Hall–Kier alpha value is -2.81. The van der Waals surface area contributed by atoms with E-state index in [1.807, 2.05) is 60.7 Å². The molecule has 0 aliphatic heterocycles. The second-order valence-electron chi connectivity index (χ2n) is 7.56. The van der Waals surface area contributed by atoms with Gasteiger partial charge in [-0.05, 0) is 24.0 Å². The highest BCUT2D eigenvalue weighted by atomic mass is 35.5. The summed E-state index contributed by atoms with van der Waals surface area (Å²) in [5, 5.41) is -0.0481. The van der Waals surface area contributed by atoms with E-state index in [1.165, 1.54) is 14.2 Å². The first-order chi connectivity index (χ1) is 17.4. The Morgan fingerprint density at radius 1 is 0.833 bits per heavy atom. The molecule has 9 nitrogen and oxygen atoms in total. The number of phosphoric ester groups is 1. The third-order valence-electron chi connectivity index (χ3n) is 4.98. The predicted octanol–water partition coefficient (Wildman–Crippen LogP) is 6.06. The molecule has 0 aliphatic carbocycles. The second-order valence-corrected chi connectivity index (χ2v) is 9.59. The molecule has 0 saturated carbocycles. The number of halogens is 1. The van der Waals surface area contributed by atoms with Crippen molar-refractivity contribution in [2.45, 2.75) is 32.5 Å². The summed E-state index contributed by atoms with van der Waals surface area (Å²) in [5.41, 5.74) is 1.76. The molecular weight excluding hydrogens is 507 g/mol. The molecule has 36 heavy (non-hydrogen) atoms. The van der Waals surface area contributed by atoms with Crippen molar-refractivity contribution in [2.75, 3.05) is 20.8 Å². The largest absolute Gasteiger partial charge is 0.480 e. The molecule has 0 unspecified atom stereocenters. The molecular formula is C25H28ClN2O7P. The minimum Gasteiger partial charge on any atom is -0.480 e. The minimum atomic E-state index is -3.86. The van der Waals surface area contributed by atoms with Gasteiger partial charge in [0.05, 0.1) is 34.0 Å². The topological polar surface area (TPSA) is 106 Å². The molecule has 0 atom stereocenters. The molecule has 1 aromatic heterocycles. The van der Waals surface area contributed by atoms with Gasteiger partial charge in [-0.25, -0.2) is 4.57 Å². The number of unbranched alkanes of at least 4 members (excludes halogenated alkanes) is 1. The van der Waals surface area contributed by atoms with E-state index in [4.69, 9.17) is 34.6 Å². The summed E-state index contributed by atoms with van der Waals surface area (Å²) >= 11 is 6.13. The maximum atomic E-state index is 13.3. The number of hydrogen-bond acceptors (Lipinski definition) is 9. The number of rotatable bonds is 15. The van der Waals surface area contributed by atoms with E-state index >= 15 is 0 Å². The lowest BCUT2D eigenvalue weighted by Crippen LogP contribution is -2.08. The van der Waals surface area contributed by atoms with Gasteiger partial charge < -0.3 is 9.47 Å². The van der Waals surface area contributed by atoms with Crippen molar-refractivity contribution in [3.63, 3.8) is 0 Å². The molecule has 3 rings (SSSR count). The molecule has 0 N–H and O–H groups in total. The van der Waals surface area contributed by atoms with Crippen LogP contribution in [0.15, 0.2) is 60.7 Å². The van der Waals surface area contributed by atoms with Crippen molar-refractivity contribution < 1.29 is 32.4 Å². The summed E-state index contributed by atoms with van der Waals surface area (Å²) < 4.78 is 40.1. The fourth-order valence-electron chi connectivity index (χ4n) is 3.13. The van der Waals surface area contributed by atoms with E-state index in [1.54, 1.807) is 0 Å². The van der Waals surface area contributed by atoms with Crippen LogP contribution in [0, 0.1) is 0 Å². The maximum absolute atomic E-state index is 13.3. The number of carbonyl (C=O) groups excluding carboxylic acids is 1. The number of ether oxygens (including phenoxy) is 2. The number of Topliss-reactive ketones (excluding diaryl/α,β-unsaturated/α-hetero) is 1. The molecule has 192 valence electrons. The Morgan fingerprint density at radius 3 is 1.94 bits per heavy atom. The molecule has 0 radical (unpaired) electrons. The number of methoxy groups -OCH3 is 2. The van der Waals surface area contributed by atoms with Gasteiger partial charge in [0.1, 0.15) is 5.56 Å². The van der Waals surface area contributed by atoms with E-state index in [2.05, 4.69) is 9.97 Å². The van der Waals surface area contributed by atoms with Gasteiger partial charge in [-0.2, -0.15) is 9.97 Å². The fraction of sp³-hybridized carbons (Fsp3) is 0.320. The Bertz CT molecular complexity index is 1120. The third-order valence-corrected chi connectivity index (χ3v) is 6.64. The summed E-state index contributed by atoms with van der Waals surface area (Å²) in [6.45, 7) is 0.209. The highest BCUT2D eigenvalue weighted by Gasteiger charge is 2.27. The third kappa shape index (κ3) is 8.40. The first-order valence-electron chi connectivity index (χ1n) is 11.2. The Labute approximate surface area is 215 Å². The average molecular weight is 535 g/mol. The molecule has 0 fully saturated rings. The van der Waals surface area contributed by atoms with Crippen LogP contribution in [0.3, 0.4) is 0 Å². The van der Waals surface area contributed by atoms with Crippen molar-refractivity contribution in [3.05, 3.63) is 82.5 Å². The van der Waals surface area contributed by atoms with Crippen molar-refractivity contribution in [1.29, 1.82) is 0 Å². The van der Waals surface area contributed by atoms with Gasteiger partial charge in [0, 0.05) is 6.42 Å². The fourth-order valence-corrected chi connectivity index (χ4v) is 4.57. The first-order valence-corrected chi connectivity index (χ1v) is 13.1. The molecule has 0 aliphatic rings. The molecule has 2 aromatic carbocycles. The van der Waals surface area contributed by atoms with Gasteiger partial charge in [-0.15, -0.1) is 0 Å². The van der Waals surface area contributed by atoms with Crippen LogP contribution >= 0.6 is 19.4 Å². The van der Waals surface area contributed by atoms with Crippen LogP contribution in [-0.4, -0.2) is 36.6 Å². The molecule has 0 amide bonds. The van der Waals surface area contributed by atoms with Crippen molar-refractivity contribution in [2.24, 2.45) is 0 Å². The van der Waals surface area contributed by atoms with E-state index in [-0.39, 0.29) is 54.6 Å². The van der Waals surface area contributed by atoms with Crippen LogP contribution in [0.5, 0.6) is 11.9 Å². The van der Waals surface area contributed by atoms with Crippen molar-refractivity contribution in [1.82, 2.24) is 9.97 Å². The second kappa shape index (κ2) is 14.1. The molecule has 0 saturated heterocycles. The smallest absolute Gasteiger partial charge is 0.475 e. The molecule has 0 bridgehead atoms. The minimum absolute atomic E-state index is 0.00329. The lowest BCUT2D eigenvalue weighted by molar-refractivity contribution is 0.0957. The highest BCUT2D eigenvalue weighted by Crippen LogP contribution is 2.51. The number of carbonyl (C=O) groups is 1. The monoisotopic (exact) mass is 534 g/mol. The van der Waals surface area contributed by atoms with Crippen LogP contribution < -0.4 is 9.47 Å². The highest BCUT2D eigenvalue weighted by molar-refractivity contribution is 7.48. The zero-order chi connectivity index (χ0) is 25.8. The number of benzene rings is 2. The van der Waals surface area contributed by atoms with E-state index in [0.29, 0.717) is 12.8 Å². The zero-order valence-corrected chi connectivity index (χ0v) is 21.7. The number of hydrogen-bond donors (Lipinski definition) is 0. The zero-order valence-electron chi connectivity index (χ0n) is 20.1. The first kappa shape index (κ1) is 27.8. The number of nitrogens with zero attached hydrogens (tertiary/aromatic N) is 2. The summed E-state index contributed by atoms with van der Waals surface area (Å²) in [6.07, 6.45) is 0.993. The van der Waals surface area contributed by atoms with E-state index < -0.39 is 7.82 Å². The van der Waals surface area contributed by atoms with Gasteiger partial charge in [-0.3, -0.25) is 18.4 Å². The summed E-state index contributed by atoms with van der Waals surface area (Å²) in [4.78, 5) is 20.6. The summed E-state index contributed by atoms with van der Waals surface area (Å²) in [5.74, 6) is -0.246. The quantitative estimate of drug-likeness (QED) is 0.0995. The normalized spacial score (nSPS) is 11.3. The Kier molecular flexibility index (Phi) is 10.8. The summed E-state index contributed by atoms with van der Waals surface area (Å²) in [7, 11) is -1.09. The van der Waals surface area contributed by atoms with E-state index in [9.17, 15) is 9.36 Å². The van der Waals surface area contributed by atoms with Gasteiger partial charge >= 0.3 is 13.8 Å². The number of phosphoric acid groups is 1. The van der Waals surface area contributed by atoms with Gasteiger partial charge in [0.2, 0.25) is 5.88 Å². The molecule has 3 aromatic rings. The Balaban J connectivity index is 1.54. The van der Waals surface area contributed by atoms with Gasteiger partial charge in [0.25, 0.3) is 0 Å². The average Bonchev–Trinajstić information content (AvgIpc) is 2.91. The Morgan fingerprint density at radius 2 is 1.42 bits per heavy atom. The van der Waals surface area contributed by atoms with Crippen molar-refractivity contribution >= 4 is 25.2 Å². The lowest BCUT2D eigenvalue weighted by Gasteiger charge is -2.18. The SMILES string of the molecule is COc1nc(Cl)c(C(=O)CCCCOP(=O)(OCc2ccccc2)OCc2ccccc2)c(OC)n1. The van der Waals surface area contributed by atoms with Crippen molar-refractivity contribution in [3.8, 4) is 11.9 Å². The van der Waals surface area contributed by atoms with Crippen LogP contribution in [0.1, 0.15) is 40.7 Å². The molecule has 11 heteroatoms. The summed E-state index contributed by atoms with van der Waals surface area (Å²) in [6, 6.07) is 18.6. The standard InChI is InChI=1S/C25H28ClN2O7P/c1-31-24-22(23(26)27-25(28-24)32-2)21(29)15-9-10-16-33-36(30,34-17-19-11-5-3-6-12-19)35-18-20-13-7-4-8-14-20/h3-8,11-14H,9-10,15-18H2,1-2H3. The van der Waals surface area contributed by atoms with Crippen LogP contribution in [0.4, 0.5) is 0 Å². The van der Waals surface area contributed by atoms with Gasteiger partial charge in [0.15, 0.2) is 10.9 Å². The lowest BCUT2D eigenvalue weighted by atomic mass is 10.1. The van der Waals surface area contributed by atoms with E-state index in [0.717, 1.165) is 11.1 Å².